The Morgan fingerprint density at radius 2 is 1.97 bits per heavy atom. The molecule has 170 valence electrons. The number of benzene rings is 1. The van der Waals surface area contributed by atoms with Crippen molar-refractivity contribution in [3.63, 3.8) is 0 Å². The fourth-order valence-electron chi connectivity index (χ4n) is 2.97. The molecule has 10 heteroatoms. The molecule has 0 bridgehead atoms. The summed E-state index contributed by atoms with van der Waals surface area (Å²) in [4.78, 5) is 28.7. The molecule has 3 amide bonds. The van der Waals surface area contributed by atoms with Gasteiger partial charge in [-0.25, -0.2) is 14.6 Å². The number of carbonyl (C=O) groups excluding carboxylic acids is 1. The molecule has 0 spiro atoms. The molecule has 4 rings (SSSR count). The van der Waals surface area contributed by atoms with Gasteiger partial charge in [-0.1, -0.05) is 48.4 Å². The van der Waals surface area contributed by atoms with E-state index >= 15 is 0 Å². The molecule has 1 saturated carbocycles. The van der Waals surface area contributed by atoms with Crippen molar-refractivity contribution in [2.24, 2.45) is 0 Å². The molecule has 7 nitrogen and oxygen atoms in total. The Morgan fingerprint density at radius 3 is 2.56 bits per heavy atom. The average molecular weight is 493 g/mol. The number of carboxylic acid groups (broad SMARTS) is 1. The molecule has 0 unspecified atom stereocenters. The van der Waals surface area contributed by atoms with Gasteiger partial charge in [0.2, 0.25) is 0 Å². The van der Waals surface area contributed by atoms with Gasteiger partial charge in [0, 0.05) is 17.3 Å². The van der Waals surface area contributed by atoms with Gasteiger partial charge in [-0.2, -0.15) is 0 Å². The first-order chi connectivity index (χ1) is 15.4. The average Bonchev–Trinajstić information content (AvgIpc) is 3.35. The molecule has 2 heterocycles. The van der Waals surface area contributed by atoms with E-state index in [1.54, 1.807) is 11.4 Å². The Hall–Kier alpha value is -2.62. The molecule has 0 saturated heterocycles. The number of nitrogens with one attached hydrogen (secondary N) is 2. The molecule has 1 aromatic carbocycles. The molecule has 2 aromatic heterocycles. The minimum Gasteiger partial charge on any atom is -0.465 e. The van der Waals surface area contributed by atoms with E-state index in [2.05, 4.69) is 45.9 Å². The molecule has 0 radical (unpaired) electrons. The summed E-state index contributed by atoms with van der Waals surface area (Å²) in [5, 5.41) is 16.2. The maximum absolute atomic E-state index is 11.7. The number of urea groups is 1. The van der Waals surface area contributed by atoms with Crippen LogP contribution in [0.1, 0.15) is 41.3 Å². The van der Waals surface area contributed by atoms with Crippen molar-refractivity contribution < 1.29 is 14.7 Å². The van der Waals surface area contributed by atoms with Gasteiger partial charge in [-0.05, 0) is 36.5 Å². The van der Waals surface area contributed by atoms with Gasteiger partial charge < -0.3 is 15.3 Å². The van der Waals surface area contributed by atoms with E-state index in [4.69, 9.17) is 16.7 Å². The highest BCUT2D eigenvalue weighted by Gasteiger charge is 2.18. The van der Waals surface area contributed by atoms with E-state index in [1.165, 1.54) is 54.5 Å². The van der Waals surface area contributed by atoms with Crippen LogP contribution in [-0.2, 0) is 13.1 Å². The number of aromatic nitrogens is 1. The zero-order valence-electron chi connectivity index (χ0n) is 17.6. The van der Waals surface area contributed by atoms with Gasteiger partial charge in [0.25, 0.3) is 0 Å². The van der Waals surface area contributed by atoms with E-state index < -0.39 is 6.09 Å². The molecule has 1 aliphatic rings. The van der Waals surface area contributed by atoms with E-state index in [0.717, 1.165) is 15.7 Å². The Bertz CT molecular complexity index is 1020. The summed E-state index contributed by atoms with van der Waals surface area (Å²) in [6, 6.07) is 14.1. The zero-order valence-corrected chi connectivity index (χ0v) is 20.0. The monoisotopic (exact) mass is 492 g/mol. The van der Waals surface area contributed by atoms with Crippen molar-refractivity contribution in [1.29, 1.82) is 0 Å². The molecule has 32 heavy (non-hydrogen) atoms. The fraction of sp³-hybridized carbons (Fsp3) is 0.318. The number of halogens is 1. The maximum atomic E-state index is 11.7. The Kier molecular flexibility index (Phi) is 8.90. The lowest BCUT2D eigenvalue weighted by molar-refractivity contribution is 0.153. The van der Waals surface area contributed by atoms with Crippen LogP contribution in [0.25, 0.3) is 0 Å². The lowest BCUT2D eigenvalue weighted by Crippen LogP contribution is -2.28. The molecule has 1 fully saturated rings. The third-order valence-electron chi connectivity index (χ3n) is 4.93. The lowest BCUT2D eigenvalue weighted by atomic mass is 9.80. The van der Waals surface area contributed by atoms with Crippen molar-refractivity contribution in [3.05, 3.63) is 68.3 Å². The smallest absolute Gasteiger partial charge is 0.407 e. The Balaban J connectivity index is 0.000000238. The minimum absolute atomic E-state index is 0.169. The second-order valence-electron chi connectivity index (χ2n) is 7.33. The third kappa shape index (κ3) is 7.51. The molecular weight excluding hydrogens is 468 g/mol. The van der Waals surface area contributed by atoms with Crippen LogP contribution in [0.4, 0.5) is 14.7 Å². The Labute approximate surface area is 200 Å². The summed E-state index contributed by atoms with van der Waals surface area (Å²) in [5.41, 5.74) is 2.11. The molecule has 0 aliphatic heterocycles. The van der Waals surface area contributed by atoms with Crippen molar-refractivity contribution in [2.75, 3.05) is 12.4 Å². The van der Waals surface area contributed by atoms with Crippen LogP contribution in [0.2, 0.25) is 4.34 Å². The van der Waals surface area contributed by atoms with Crippen LogP contribution >= 0.6 is 34.3 Å². The number of rotatable bonds is 6. The van der Waals surface area contributed by atoms with Gasteiger partial charge >= 0.3 is 12.1 Å². The van der Waals surface area contributed by atoms with Crippen LogP contribution in [0.5, 0.6) is 0 Å². The molecule has 3 aromatic rings. The summed E-state index contributed by atoms with van der Waals surface area (Å²) in [5.74, 6) is 0.890. The van der Waals surface area contributed by atoms with Gasteiger partial charge in [-0.3, -0.25) is 5.32 Å². The minimum atomic E-state index is -1.03. The van der Waals surface area contributed by atoms with Crippen LogP contribution in [0.3, 0.4) is 0 Å². The predicted molar refractivity (Wildman–Crippen MR) is 130 cm³/mol. The van der Waals surface area contributed by atoms with E-state index in [-0.39, 0.29) is 12.6 Å². The molecule has 0 atom stereocenters. The van der Waals surface area contributed by atoms with Gasteiger partial charge in [0.1, 0.15) is 0 Å². The quantitative estimate of drug-likeness (QED) is 0.379. The number of hydrogen-bond donors (Lipinski definition) is 3. The first-order valence-corrected chi connectivity index (χ1v) is 12.2. The number of thiazole rings is 1. The highest BCUT2D eigenvalue weighted by molar-refractivity contribution is 7.16. The molecule has 1 aliphatic carbocycles. The predicted octanol–water partition coefficient (Wildman–Crippen LogP) is 6.24. The SMILES string of the molecule is CN(Cc1csc(NC(=O)NCc2ccc(Cl)s2)n1)C(=O)O.c1ccc(C2CCC2)cc1. The topological polar surface area (TPSA) is 94.6 Å². The third-order valence-corrected chi connectivity index (χ3v) is 6.96. The summed E-state index contributed by atoms with van der Waals surface area (Å²) in [7, 11) is 1.45. The summed E-state index contributed by atoms with van der Waals surface area (Å²) < 4.78 is 0.671. The molecular formula is C22H25ClN4O3S2. The van der Waals surface area contributed by atoms with E-state index in [1.807, 2.05) is 6.07 Å². The number of anilines is 1. The first-order valence-electron chi connectivity index (χ1n) is 10.1. The molecule has 3 N–H and O–H groups in total. The number of thiophene rings is 1. The van der Waals surface area contributed by atoms with Crippen molar-refractivity contribution >= 4 is 51.5 Å². The number of nitrogens with zero attached hydrogens (tertiary/aromatic N) is 2. The van der Waals surface area contributed by atoms with Gasteiger partial charge in [0.15, 0.2) is 5.13 Å². The fourth-order valence-corrected chi connectivity index (χ4v) is 4.69. The zero-order chi connectivity index (χ0) is 22.9. The summed E-state index contributed by atoms with van der Waals surface area (Å²) in [6.45, 7) is 0.548. The first kappa shape index (κ1) is 24.0. The van der Waals surface area contributed by atoms with Crippen molar-refractivity contribution in [3.8, 4) is 0 Å². The Morgan fingerprint density at radius 1 is 1.22 bits per heavy atom. The number of carbonyl (C=O) groups is 2. The van der Waals surface area contributed by atoms with Crippen LogP contribution in [0.15, 0.2) is 47.8 Å². The number of amides is 3. The van der Waals surface area contributed by atoms with Crippen LogP contribution in [0, 0.1) is 0 Å². The maximum Gasteiger partial charge on any atom is 0.407 e. The van der Waals surface area contributed by atoms with Crippen LogP contribution in [-0.4, -0.2) is 34.2 Å². The summed E-state index contributed by atoms with van der Waals surface area (Å²) in [6.07, 6.45) is 3.21. The standard InChI is InChI=1S/C12H13ClN4O3S2.C10H12/c1-17(12(19)20)5-7-6-21-11(15-7)16-10(18)14-4-8-2-3-9(13)22-8;1-2-5-9(6-3-1)10-7-4-8-10/h2-3,6H,4-5H2,1H3,(H,19,20)(H2,14,15,16,18);1-3,5-6,10H,4,7-8H2. The van der Waals surface area contributed by atoms with Gasteiger partial charge in [0.05, 0.1) is 23.1 Å². The van der Waals surface area contributed by atoms with Gasteiger partial charge in [-0.15, -0.1) is 22.7 Å². The van der Waals surface area contributed by atoms with E-state index in [9.17, 15) is 9.59 Å². The second-order valence-corrected chi connectivity index (χ2v) is 9.99. The second kappa shape index (κ2) is 11.8. The highest BCUT2D eigenvalue weighted by atomic mass is 35.5. The number of hydrogen-bond acceptors (Lipinski definition) is 5. The van der Waals surface area contributed by atoms with E-state index in [0.29, 0.717) is 21.7 Å². The lowest BCUT2D eigenvalue weighted by Gasteiger charge is -2.25. The normalized spacial score (nSPS) is 12.8. The largest absolute Gasteiger partial charge is 0.465 e. The highest BCUT2D eigenvalue weighted by Crippen LogP contribution is 2.35. The van der Waals surface area contributed by atoms with Crippen LogP contribution < -0.4 is 10.6 Å². The summed E-state index contributed by atoms with van der Waals surface area (Å²) >= 11 is 8.44. The van der Waals surface area contributed by atoms with Crippen molar-refractivity contribution in [2.45, 2.75) is 38.3 Å². The van der Waals surface area contributed by atoms with Crippen molar-refractivity contribution in [1.82, 2.24) is 15.2 Å².